The highest BCUT2D eigenvalue weighted by Gasteiger charge is 2.07. The minimum atomic E-state index is 0.503. The molecule has 1 unspecified atom stereocenters. The van der Waals surface area contributed by atoms with Crippen molar-refractivity contribution in [2.45, 2.75) is 46.7 Å². The first-order valence-corrected chi connectivity index (χ1v) is 6.68. The summed E-state index contributed by atoms with van der Waals surface area (Å²) in [6, 6.07) is 2.64. The minimum absolute atomic E-state index is 0.503. The third kappa shape index (κ3) is 4.88. The van der Waals surface area contributed by atoms with Gasteiger partial charge in [-0.2, -0.15) is 5.10 Å². The average Bonchev–Trinajstić information content (AvgIpc) is 2.81. The molecule has 0 saturated heterocycles. The lowest BCUT2D eigenvalue weighted by molar-refractivity contribution is 0.270. The van der Waals surface area contributed by atoms with Crippen LogP contribution in [-0.2, 0) is 13.0 Å². The summed E-state index contributed by atoms with van der Waals surface area (Å²) in [6.07, 6.45) is 0.992. The third-order valence-corrected chi connectivity index (χ3v) is 3.11. The molecule has 0 saturated carbocycles. The van der Waals surface area contributed by atoms with Gasteiger partial charge in [-0.15, -0.1) is 0 Å². The lowest BCUT2D eigenvalue weighted by atomic mass is 10.2. The van der Waals surface area contributed by atoms with Crippen molar-refractivity contribution in [2.75, 3.05) is 19.6 Å². The summed E-state index contributed by atoms with van der Waals surface area (Å²) in [6.45, 7) is 13.0. The van der Waals surface area contributed by atoms with Gasteiger partial charge < -0.3 is 10.2 Å². The van der Waals surface area contributed by atoms with Crippen LogP contribution in [0, 0.1) is 0 Å². The molecule has 17 heavy (non-hydrogen) atoms. The maximum atomic E-state index is 4.23. The number of hydrogen-bond acceptors (Lipinski definition) is 3. The molecule has 0 bridgehead atoms. The number of likely N-dealkylation sites (N-methyl/N-ethyl adjacent to an activating group) is 1. The fraction of sp³-hybridized carbons (Fsp3) is 0.769. The molecular formula is C13H26N4. The molecule has 1 aromatic heterocycles. The Hall–Kier alpha value is -0.870. The number of aromatic nitrogens is 2. The second-order valence-electron chi connectivity index (χ2n) is 4.51. The molecule has 1 rings (SSSR count). The Kier molecular flexibility index (Phi) is 6.22. The quantitative estimate of drug-likeness (QED) is 0.726. The SMILES string of the molecule is CCc1cc(CNC(C)CN(CC)CC)[nH]n1. The fourth-order valence-electron chi connectivity index (χ4n) is 1.90. The predicted molar refractivity (Wildman–Crippen MR) is 72.1 cm³/mol. The van der Waals surface area contributed by atoms with E-state index in [4.69, 9.17) is 0 Å². The summed E-state index contributed by atoms with van der Waals surface area (Å²) >= 11 is 0. The van der Waals surface area contributed by atoms with Gasteiger partial charge in [-0.1, -0.05) is 20.8 Å². The van der Waals surface area contributed by atoms with E-state index < -0.39 is 0 Å². The van der Waals surface area contributed by atoms with E-state index in [0.29, 0.717) is 6.04 Å². The third-order valence-electron chi connectivity index (χ3n) is 3.11. The lowest BCUT2D eigenvalue weighted by Gasteiger charge is -2.23. The van der Waals surface area contributed by atoms with Crippen LogP contribution in [0.3, 0.4) is 0 Å². The number of nitrogens with one attached hydrogen (secondary N) is 2. The summed E-state index contributed by atoms with van der Waals surface area (Å²) in [4.78, 5) is 2.43. The number of hydrogen-bond donors (Lipinski definition) is 2. The maximum Gasteiger partial charge on any atom is 0.0622 e. The van der Waals surface area contributed by atoms with E-state index >= 15 is 0 Å². The monoisotopic (exact) mass is 238 g/mol. The first-order chi connectivity index (χ1) is 8.19. The number of nitrogens with zero attached hydrogens (tertiary/aromatic N) is 2. The van der Waals surface area contributed by atoms with E-state index in [-0.39, 0.29) is 0 Å². The van der Waals surface area contributed by atoms with E-state index in [1.54, 1.807) is 0 Å². The van der Waals surface area contributed by atoms with Crippen molar-refractivity contribution in [1.29, 1.82) is 0 Å². The highest BCUT2D eigenvalue weighted by molar-refractivity contribution is 5.08. The number of H-pyrrole nitrogens is 1. The molecule has 0 fully saturated rings. The fourth-order valence-corrected chi connectivity index (χ4v) is 1.90. The van der Waals surface area contributed by atoms with Crippen molar-refractivity contribution in [3.63, 3.8) is 0 Å². The van der Waals surface area contributed by atoms with Crippen LogP contribution in [0.2, 0.25) is 0 Å². The topological polar surface area (TPSA) is 44.0 Å². The lowest BCUT2D eigenvalue weighted by Crippen LogP contribution is -2.38. The molecule has 0 aliphatic carbocycles. The van der Waals surface area contributed by atoms with Gasteiger partial charge in [-0.25, -0.2) is 0 Å². The molecule has 0 spiro atoms. The van der Waals surface area contributed by atoms with Crippen molar-refractivity contribution in [3.8, 4) is 0 Å². The largest absolute Gasteiger partial charge is 0.307 e. The molecule has 2 N–H and O–H groups in total. The van der Waals surface area contributed by atoms with Gasteiger partial charge in [0.25, 0.3) is 0 Å². The predicted octanol–water partition coefficient (Wildman–Crippen LogP) is 1.79. The summed E-state index contributed by atoms with van der Waals surface area (Å²) in [5.41, 5.74) is 2.31. The first-order valence-electron chi connectivity index (χ1n) is 6.68. The summed E-state index contributed by atoms with van der Waals surface area (Å²) in [7, 11) is 0. The first kappa shape index (κ1) is 14.2. The molecule has 0 aliphatic rings. The van der Waals surface area contributed by atoms with Crippen LogP contribution in [0.1, 0.15) is 39.1 Å². The van der Waals surface area contributed by atoms with Crippen molar-refractivity contribution < 1.29 is 0 Å². The van der Waals surface area contributed by atoms with Gasteiger partial charge >= 0.3 is 0 Å². The van der Waals surface area contributed by atoms with Crippen LogP contribution in [0.25, 0.3) is 0 Å². The van der Waals surface area contributed by atoms with E-state index in [2.05, 4.69) is 54.2 Å². The molecule has 4 nitrogen and oxygen atoms in total. The van der Waals surface area contributed by atoms with Gasteiger partial charge in [0.05, 0.1) is 5.69 Å². The summed E-state index contributed by atoms with van der Waals surface area (Å²) < 4.78 is 0. The van der Waals surface area contributed by atoms with Gasteiger partial charge in [-0.05, 0) is 32.5 Å². The number of aryl methyl sites for hydroxylation is 1. The van der Waals surface area contributed by atoms with Crippen LogP contribution in [0.15, 0.2) is 6.07 Å². The van der Waals surface area contributed by atoms with Crippen LogP contribution >= 0.6 is 0 Å². The zero-order valence-electron chi connectivity index (χ0n) is 11.6. The standard InChI is InChI=1S/C13H26N4/c1-5-12-8-13(16-15-12)9-14-11(4)10-17(6-2)7-3/h8,11,14H,5-7,9-10H2,1-4H3,(H,15,16). The Morgan fingerprint density at radius 1 is 1.35 bits per heavy atom. The zero-order valence-corrected chi connectivity index (χ0v) is 11.6. The molecule has 98 valence electrons. The van der Waals surface area contributed by atoms with Crippen molar-refractivity contribution >= 4 is 0 Å². The molecular weight excluding hydrogens is 212 g/mol. The number of aromatic amines is 1. The van der Waals surface area contributed by atoms with Gasteiger partial charge in [-0.3, -0.25) is 5.10 Å². The number of rotatable bonds is 8. The van der Waals surface area contributed by atoms with Gasteiger partial charge in [0.2, 0.25) is 0 Å². The van der Waals surface area contributed by atoms with Crippen LogP contribution in [-0.4, -0.2) is 40.8 Å². The molecule has 0 radical (unpaired) electrons. The normalized spacial score (nSPS) is 13.2. The minimum Gasteiger partial charge on any atom is -0.307 e. The zero-order chi connectivity index (χ0) is 12.7. The molecule has 0 aromatic carbocycles. The maximum absolute atomic E-state index is 4.23. The summed E-state index contributed by atoms with van der Waals surface area (Å²) in [5, 5.41) is 10.8. The Morgan fingerprint density at radius 2 is 2.06 bits per heavy atom. The van der Waals surface area contributed by atoms with Crippen LogP contribution < -0.4 is 5.32 Å². The van der Waals surface area contributed by atoms with Crippen molar-refractivity contribution in [2.24, 2.45) is 0 Å². The Bertz CT molecular complexity index is 304. The van der Waals surface area contributed by atoms with Crippen molar-refractivity contribution in [3.05, 3.63) is 17.5 Å². The van der Waals surface area contributed by atoms with Gasteiger partial charge in [0.1, 0.15) is 0 Å². The van der Waals surface area contributed by atoms with E-state index in [1.807, 2.05) is 0 Å². The van der Waals surface area contributed by atoms with E-state index in [9.17, 15) is 0 Å². The van der Waals surface area contributed by atoms with E-state index in [1.165, 1.54) is 5.69 Å². The van der Waals surface area contributed by atoms with Gasteiger partial charge in [0, 0.05) is 24.8 Å². The van der Waals surface area contributed by atoms with Crippen LogP contribution in [0.4, 0.5) is 0 Å². The van der Waals surface area contributed by atoms with Crippen molar-refractivity contribution in [1.82, 2.24) is 20.4 Å². The Labute approximate surface area is 105 Å². The molecule has 1 aromatic rings. The van der Waals surface area contributed by atoms with Gasteiger partial charge in [0.15, 0.2) is 0 Å². The molecule has 0 amide bonds. The highest BCUT2D eigenvalue weighted by Crippen LogP contribution is 2.00. The Balaban J connectivity index is 2.29. The van der Waals surface area contributed by atoms with E-state index in [0.717, 1.165) is 38.3 Å². The molecule has 1 heterocycles. The average molecular weight is 238 g/mol. The summed E-state index contributed by atoms with van der Waals surface area (Å²) in [5.74, 6) is 0. The second kappa shape index (κ2) is 7.45. The van der Waals surface area contributed by atoms with Crippen LogP contribution in [0.5, 0.6) is 0 Å². The smallest absolute Gasteiger partial charge is 0.0622 e. The molecule has 0 aliphatic heterocycles. The molecule has 4 heteroatoms. The molecule has 1 atom stereocenters. The Morgan fingerprint density at radius 3 is 2.59 bits per heavy atom. The highest BCUT2D eigenvalue weighted by atomic mass is 15.2. The second-order valence-corrected chi connectivity index (χ2v) is 4.51.